The molecular formula is C43H74NO8P. The van der Waals surface area contributed by atoms with Crippen molar-refractivity contribution in [1.82, 2.24) is 5.32 Å². The number of aliphatic hydroxyl groups is 1. The SMILES string of the molecule is CC/C=C\C/C=C\C/C=C\C/C=C\C/C=C\CCCCCCCC(=O)OCC(O)COP(=O)(O)OCCNC(=O)CCCCCCC/C=C\CCCC. The number of unbranched alkanes of at least 4 members (excludes halogenated alkanes) is 12. The van der Waals surface area contributed by atoms with Gasteiger partial charge in [-0.1, -0.05) is 138 Å². The minimum Gasteiger partial charge on any atom is -0.463 e. The van der Waals surface area contributed by atoms with Crippen LogP contribution in [-0.2, 0) is 27.9 Å². The minimum absolute atomic E-state index is 0.0710. The van der Waals surface area contributed by atoms with Gasteiger partial charge >= 0.3 is 13.8 Å². The number of esters is 1. The lowest BCUT2D eigenvalue weighted by atomic mass is 10.1. The Kier molecular flexibility index (Phi) is 37.3. The first kappa shape index (κ1) is 50.5. The molecule has 0 heterocycles. The van der Waals surface area contributed by atoms with Crippen LogP contribution < -0.4 is 5.32 Å². The Balaban J connectivity index is 3.68. The number of amides is 1. The number of carbonyl (C=O) groups is 2. The van der Waals surface area contributed by atoms with E-state index in [-0.39, 0.29) is 32.1 Å². The van der Waals surface area contributed by atoms with Crippen LogP contribution in [0.2, 0.25) is 0 Å². The number of aliphatic hydroxyl groups excluding tert-OH is 1. The number of ether oxygens (including phenoxy) is 1. The number of carbonyl (C=O) groups excluding carboxylic acids is 2. The van der Waals surface area contributed by atoms with Crippen molar-refractivity contribution in [2.75, 3.05) is 26.4 Å². The molecule has 1 amide bonds. The summed E-state index contributed by atoms with van der Waals surface area (Å²) in [5, 5.41) is 12.7. The second kappa shape index (κ2) is 39.2. The Labute approximate surface area is 322 Å². The number of allylic oxidation sites excluding steroid dienone is 12. The van der Waals surface area contributed by atoms with E-state index in [0.29, 0.717) is 12.8 Å². The van der Waals surface area contributed by atoms with E-state index < -0.39 is 26.5 Å². The van der Waals surface area contributed by atoms with Crippen LogP contribution >= 0.6 is 7.82 Å². The molecule has 0 bridgehead atoms. The molecule has 0 saturated carbocycles. The molecule has 3 N–H and O–H groups in total. The molecule has 10 heteroatoms. The molecule has 2 unspecified atom stereocenters. The summed E-state index contributed by atoms with van der Waals surface area (Å²) in [5.41, 5.74) is 0. The highest BCUT2D eigenvalue weighted by Crippen LogP contribution is 2.42. The third-order valence-electron chi connectivity index (χ3n) is 8.12. The molecule has 0 spiro atoms. The molecule has 0 aromatic carbocycles. The molecule has 0 radical (unpaired) electrons. The van der Waals surface area contributed by atoms with Crippen molar-refractivity contribution in [3.8, 4) is 0 Å². The Morgan fingerprint density at radius 2 is 1.08 bits per heavy atom. The summed E-state index contributed by atoms with van der Waals surface area (Å²) in [6.07, 6.45) is 46.9. The van der Waals surface area contributed by atoms with Gasteiger partial charge in [0.1, 0.15) is 12.7 Å². The maximum atomic E-state index is 12.1. The quantitative estimate of drug-likeness (QED) is 0.0247. The van der Waals surface area contributed by atoms with Gasteiger partial charge in [-0.25, -0.2) is 4.57 Å². The van der Waals surface area contributed by atoms with Gasteiger partial charge in [-0.15, -0.1) is 0 Å². The first-order valence-corrected chi connectivity index (χ1v) is 21.9. The zero-order chi connectivity index (χ0) is 38.9. The van der Waals surface area contributed by atoms with Crippen molar-refractivity contribution in [3.63, 3.8) is 0 Å². The number of nitrogens with one attached hydrogen (secondary N) is 1. The van der Waals surface area contributed by atoms with Gasteiger partial charge in [-0.05, 0) is 77.0 Å². The fourth-order valence-corrected chi connectivity index (χ4v) is 5.79. The van der Waals surface area contributed by atoms with Crippen molar-refractivity contribution in [2.45, 2.75) is 161 Å². The van der Waals surface area contributed by atoms with Gasteiger partial charge in [-0.3, -0.25) is 18.6 Å². The van der Waals surface area contributed by atoms with Crippen LogP contribution in [-0.4, -0.2) is 54.3 Å². The topological polar surface area (TPSA) is 131 Å². The van der Waals surface area contributed by atoms with E-state index >= 15 is 0 Å². The number of hydrogen-bond donors (Lipinski definition) is 3. The van der Waals surface area contributed by atoms with Gasteiger partial charge in [0, 0.05) is 19.4 Å². The van der Waals surface area contributed by atoms with E-state index in [0.717, 1.165) is 103 Å². The van der Waals surface area contributed by atoms with Crippen molar-refractivity contribution in [3.05, 3.63) is 72.9 Å². The highest BCUT2D eigenvalue weighted by atomic mass is 31.2. The van der Waals surface area contributed by atoms with Crippen molar-refractivity contribution in [1.29, 1.82) is 0 Å². The molecule has 0 fully saturated rings. The zero-order valence-corrected chi connectivity index (χ0v) is 34.1. The number of rotatable bonds is 37. The highest BCUT2D eigenvalue weighted by Gasteiger charge is 2.23. The average molecular weight is 764 g/mol. The lowest BCUT2D eigenvalue weighted by Crippen LogP contribution is -2.27. The highest BCUT2D eigenvalue weighted by molar-refractivity contribution is 7.47. The number of hydrogen-bond acceptors (Lipinski definition) is 7. The van der Waals surface area contributed by atoms with Gasteiger partial charge in [0.05, 0.1) is 13.2 Å². The molecule has 2 atom stereocenters. The molecular weight excluding hydrogens is 689 g/mol. The van der Waals surface area contributed by atoms with Gasteiger partial charge in [-0.2, -0.15) is 0 Å². The molecule has 0 aliphatic heterocycles. The minimum atomic E-state index is -4.42. The molecule has 0 rings (SSSR count). The first-order chi connectivity index (χ1) is 25.8. The monoisotopic (exact) mass is 764 g/mol. The summed E-state index contributed by atoms with van der Waals surface area (Å²) in [7, 11) is -4.42. The molecule has 53 heavy (non-hydrogen) atoms. The Hall–Kier alpha value is -2.55. The van der Waals surface area contributed by atoms with Crippen LogP contribution in [0.1, 0.15) is 155 Å². The summed E-state index contributed by atoms with van der Waals surface area (Å²) in [4.78, 5) is 33.8. The molecule has 0 aromatic heterocycles. The smallest absolute Gasteiger partial charge is 0.463 e. The largest absolute Gasteiger partial charge is 0.472 e. The van der Waals surface area contributed by atoms with E-state index in [1.165, 1.54) is 19.3 Å². The van der Waals surface area contributed by atoms with Gasteiger partial charge in [0.25, 0.3) is 0 Å². The summed E-state index contributed by atoms with van der Waals surface area (Å²) in [6, 6.07) is 0. The fraction of sp³-hybridized carbons (Fsp3) is 0.674. The fourth-order valence-electron chi connectivity index (χ4n) is 5.03. The van der Waals surface area contributed by atoms with E-state index in [4.69, 9.17) is 13.8 Å². The third-order valence-corrected chi connectivity index (χ3v) is 9.10. The average Bonchev–Trinajstić information content (AvgIpc) is 3.14. The third kappa shape index (κ3) is 40.5. The Bertz CT molecular complexity index is 1100. The maximum Gasteiger partial charge on any atom is 0.472 e. The van der Waals surface area contributed by atoms with Crippen LogP contribution in [0.25, 0.3) is 0 Å². The zero-order valence-electron chi connectivity index (χ0n) is 33.2. The molecule has 0 aliphatic rings. The lowest BCUT2D eigenvalue weighted by molar-refractivity contribution is -0.147. The van der Waals surface area contributed by atoms with Crippen LogP contribution in [0, 0.1) is 0 Å². The normalized spacial score (nSPS) is 14.1. The van der Waals surface area contributed by atoms with E-state index in [9.17, 15) is 24.2 Å². The van der Waals surface area contributed by atoms with Crippen molar-refractivity contribution in [2.24, 2.45) is 0 Å². The maximum absolute atomic E-state index is 12.1. The molecule has 304 valence electrons. The second-order valence-corrected chi connectivity index (χ2v) is 14.7. The number of phosphoric acid groups is 1. The van der Waals surface area contributed by atoms with E-state index in [2.05, 4.69) is 92.1 Å². The van der Waals surface area contributed by atoms with Gasteiger partial charge in [0.15, 0.2) is 0 Å². The van der Waals surface area contributed by atoms with E-state index in [1.807, 2.05) is 0 Å². The van der Waals surface area contributed by atoms with E-state index in [1.54, 1.807) is 0 Å². The molecule has 0 aliphatic carbocycles. The number of phosphoric ester groups is 1. The molecule has 9 nitrogen and oxygen atoms in total. The van der Waals surface area contributed by atoms with Crippen LogP contribution in [0.3, 0.4) is 0 Å². The standard InChI is InChI=1S/C43H74NO8P/c1-3-5-7-9-11-13-15-16-17-18-19-20-21-22-23-24-26-28-30-32-34-36-43(47)50-39-41(45)40-52-53(48,49)51-38-37-44-42(46)35-33-31-29-27-25-14-12-10-8-6-4-2/h5,7,10-13,16-17,19-20,22-23,41,45H,3-4,6,8-9,14-15,18,21,24-40H2,1-2H3,(H,44,46)(H,48,49)/b7-5-,12-10-,13-11-,17-16-,20-19-,23-22-. The Morgan fingerprint density at radius 1 is 0.604 bits per heavy atom. The van der Waals surface area contributed by atoms with Crippen molar-refractivity contribution >= 4 is 19.7 Å². The predicted octanol–water partition coefficient (Wildman–Crippen LogP) is 11.1. The van der Waals surface area contributed by atoms with Crippen LogP contribution in [0.15, 0.2) is 72.9 Å². The van der Waals surface area contributed by atoms with Crippen molar-refractivity contribution < 1.29 is 37.9 Å². The summed E-state index contributed by atoms with van der Waals surface area (Å²) >= 11 is 0. The Morgan fingerprint density at radius 3 is 1.64 bits per heavy atom. The van der Waals surface area contributed by atoms with Crippen LogP contribution in [0.4, 0.5) is 0 Å². The lowest BCUT2D eigenvalue weighted by Gasteiger charge is -2.15. The first-order valence-electron chi connectivity index (χ1n) is 20.4. The summed E-state index contributed by atoms with van der Waals surface area (Å²) in [6.45, 7) is 3.34. The molecule has 0 aromatic rings. The van der Waals surface area contributed by atoms with Crippen LogP contribution in [0.5, 0.6) is 0 Å². The predicted molar refractivity (Wildman–Crippen MR) is 219 cm³/mol. The second-order valence-electron chi connectivity index (χ2n) is 13.2. The summed E-state index contributed by atoms with van der Waals surface area (Å²) < 4.78 is 26.8. The summed E-state index contributed by atoms with van der Waals surface area (Å²) in [5.74, 6) is -0.553. The van der Waals surface area contributed by atoms with Gasteiger partial charge < -0.3 is 20.1 Å². The molecule has 0 saturated heterocycles. The van der Waals surface area contributed by atoms with Gasteiger partial charge in [0.2, 0.25) is 5.91 Å².